The molecule has 0 N–H and O–H groups in total. The molecule has 1 saturated heterocycles. The van der Waals surface area contributed by atoms with Crippen molar-refractivity contribution in [2.45, 2.75) is 25.9 Å². The van der Waals surface area contributed by atoms with Crippen molar-refractivity contribution in [2.75, 3.05) is 20.2 Å². The minimum atomic E-state index is 0.728. The Morgan fingerprint density at radius 3 is 2.81 bits per heavy atom. The van der Waals surface area contributed by atoms with Gasteiger partial charge < -0.3 is 4.74 Å². The summed E-state index contributed by atoms with van der Waals surface area (Å²) >= 11 is 0. The number of hydrogen-bond donors (Lipinski definition) is 0. The van der Waals surface area contributed by atoms with Gasteiger partial charge in [-0.2, -0.15) is 5.10 Å². The van der Waals surface area contributed by atoms with Crippen LogP contribution in [-0.2, 0) is 13.1 Å². The van der Waals surface area contributed by atoms with E-state index in [1.54, 1.807) is 7.11 Å². The van der Waals surface area contributed by atoms with E-state index in [4.69, 9.17) is 4.74 Å². The summed E-state index contributed by atoms with van der Waals surface area (Å²) in [6, 6.07) is 5.88. The molecule has 1 aliphatic heterocycles. The van der Waals surface area contributed by atoms with Crippen LogP contribution in [0, 0.1) is 5.92 Å². The van der Waals surface area contributed by atoms with Crippen molar-refractivity contribution in [3.8, 4) is 5.75 Å². The number of methoxy groups -OCH3 is 1. The minimum absolute atomic E-state index is 0.728. The molecule has 0 amide bonds. The fourth-order valence-electron chi connectivity index (χ4n) is 2.94. The van der Waals surface area contributed by atoms with Crippen LogP contribution in [0.3, 0.4) is 0 Å². The molecule has 0 aliphatic carbocycles. The Bertz CT molecular complexity index is 547. The summed E-state index contributed by atoms with van der Waals surface area (Å²) < 4.78 is 7.42. The first kappa shape index (κ1) is 14.1. The summed E-state index contributed by atoms with van der Waals surface area (Å²) in [5, 5.41) is 4.30. The molecule has 3 rings (SSSR count). The second kappa shape index (κ2) is 6.72. The quantitative estimate of drug-likeness (QED) is 0.845. The second-order valence-electron chi connectivity index (χ2n) is 5.60. The topological polar surface area (TPSA) is 43.2 Å². The van der Waals surface area contributed by atoms with Crippen LogP contribution in [0.5, 0.6) is 5.75 Å². The predicted octanol–water partition coefficient (Wildman–Crippen LogP) is 2.20. The lowest BCUT2D eigenvalue weighted by atomic mass is 9.97. The molecule has 0 spiro atoms. The predicted molar refractivity (Wildman–Crippen MR) is 81.0 cm³/mol. The van der Waals surface area contributed by atoms with Crippen LogP contribution >= 0.6 is 0 Å². The van der Waals surface area contributed by atoms with E-state index >= 15 is 0 Å². The lowest BCUT2D eigenvalue weighted by Gasteiger charge is -2.31. The molecule has 0 saturated carbocycles. The molecular weight excluding hydrogens is 264 g/mol. The highest BCUT2D eigenvalue weighted by Crippen LogP contribution is 2.22. The van der Waals surface area contributed by atoms with Gasteiger partial charge in [-0.15, -0.1) is 0 Å². The summed E-state index contributed by atoms with van der Waals surface area (Å²) in [6.45, 7) is 4.14. The molecule has 0 unspecified atom stereocenters. The van der Waals surface area contributed by atoms with E-state index in [9.17, 15) is 0 Å². The number of aromatic nitrogens is 3. The first-order valence-corrected chi connectivity index (χ1v) is 7.53. The number of likely N-dealkylation sites (tertiary alicyclic amines) is 1. The average molecular weight is 286 g/mol. The first-order chi connectivity index (χ1) is 10.3. The van der Waals surface area contributed by atoms with Gasteiger partial charge in [0.15, 0.2) is 0 Å². The van der Waals surface area contributed by atoms with E-state index in [2.05, 4.69) is 15.0 Å². The van der Waals surface area contributed by atoms with E-state index in [0.717, 1.165) is 43.5 Å². The maximum Gasteiger partial charge on any atom is 0.141 e. The zero-order valence-corrected chi connectivity index (χ0v) is 12.5. The molecule has 21 heavy (non-hydrogen) atoms. The zero-order valence-electron chi connectivity index (χ0n) is 12.5. The van der Waals surface area contributed by atoms with Crippen molar-refractivity contribution in [1.82, 2.24) is 19.7 Å². The summed E-state index contributed by atoms with van der Waals surface area (Å²) in [4.78, 5) is 6.91. The number of nitrogens with zero attached hydrogens (tertiary/aromatic N) is 4. The Kier molecular flexibility index (Phi) is 4.50. The Labute approximate surface area is 125 Å². The standard InChI is InChI=1S/C16H22N4O/c1-21-16-4-2-7-17-15(16)13-19-10-5-14(6-11-19)12-20-9-3-8-18-20/h2-4,7-9,14H,5-6,10-13H2,1H3. The highest BCUT2D eigenvalue weighted by atomic mass is 16.5. The molecule has 3 heterocycles. The van der Waals surface area contributed by atoms with Crippen LogP contribution in [0.1, 0.15) is 18.5 Å². The summed E-state index contributed by atoms with van der Waals surface area (Å²) in [7, 11) is 1.71. The molecule has 1 fully saturated rings. The molecule has 2 aromatic rings. The maximum atomic E-state index is 5.38. The van der Waals surface area contributed by atoms with Gasteiger partial charge in [0.2, 0.25) is 0 Å². The average Bonchev–Trinajstić information content (AvgIpc) is 3.03. The van der Waals surface area contributed by atoms with Gasteiger partial charge in [-0.1, -0.05) is 0 Å². The van der Waals surface area contributed by atoms with Gasteiger partial charge in [0.25, 0.3) is 0 Å². The molecule has 0 bridgehead atoms. The van der Waals surface area contributed by atoms with Crippen molar-refractivity contribution >= 4 is 0 Å². The van der Waals surface area contributed by atoms with E-state index in [0.29, 0.717) is 0 Å². The summed E-state index contributed by atoms with van der Waals surface area (Å²) in [5.41, 5.74) is 1.03. The molecule has 112 valence electrons. The van der Waals surface area contributed by atoms with Crippen LogP contribution in [0.15, 0.2) is 36.8 Å². The molecule has 0 atom stereocenters. The molecule has 1 aliphatic rings. The maximum absolute atomic E-state index is 5.38. The smallest absolute Gasteiger partial charge is 0.141 e. The molecular formula is C16H22N4O. The van der Waals surface area contributed by atoms with E-state index in [1.165, 1.54) is 12.8 Å². The van der Waals surface area contributed by atoms with Crippen molar-refractivity contribution in [1.29, 1.82) is 0 Å². The van der Waals surface area contributed by atoms with Gasteiger partial charge in [-0.25, -0.2) is 0 Å². The van der Waals surface area contributed by atoms with Crippen LogP contribution in [0.25, 0.3) is 0 Å². The monoisotopic (exact) mass is 286 g/mol. The highest BCUT2D eigenvalue weighted by Gasteiger charge is 2.20. The largest absolute Gasteiger partial charge is 0.495 e. The molecule has 0 aromatic carbocycles. The number of hydrogen-bond acceptors (Lipinski definition) is 4. The Morgan fingerprint density at radius 2 is 2.10 bits per heavy atom. The van der Waals surface area contributed by atoms with Gasteiger partial charge in [-0.05, 0) is 50.0 Å². The molecule has 0 radical (unpaired) electrons. The number of piperidine rings is 1. The number of pyridine rings is 1. The van der Waals surface area contributed by atoms with Crippen LogP contribution < -0.4 is 4.74 Å². The third-order valence-electron chi connectivity index (χ3n) is 4.15. The van der Waals surface area contributed by atoms with Crippen LogP contribution in [0.2, 0.25) is 0 Å². The summed E-state index contributed by atoms with van der Waals surface area (Å²) in [5.74, 6) is 1.61. The third-order valence-corrected chi connectivity index (χ3v) is 4.15. The van der Waals surface area contributed by atoms with Gasteiger partial charge in [-0.3, -0.25) is 14.6 Å². The van der Waals surface area contributed by atoms with Crippen molar-refractivity contribution in [3.63, 3.8) is 0 Å². The van der Waals surface area contributed by atoms with Crippen molar-refractivity contribution in [2.24, 2.45) is 5.92 Å². The van der Waals surface area contributed by atoms with Crippen LogP contribution in [-0.4, -0.2) is 39.9 Å². The van der Waals surface area contributed by atoms with Gasteiger partial charge in [0.05, 0.1) is 12.8 Å². The lowest BCUT2D eigenvalue weighted by Crippen LogP contribution is -2.35. The van der Waals surface area contributed by atoms with Crippen molar-refractivity contribution < 1.29 is 4.74 Å². The lowest BCUT2D eigenvalue weighted by molar-refractivity contribution is 0.161. The summed E-state index contributed by atoms with van der Waals surface area (Å²) in [6.07, 6.45) is 8.17. The van der Waals surface area contributed by atoms with Crippen molar-refractivity contribution in [3.05, 3.63) is 42.5 Å². The van der Waals surface area contributed by atoms with Gasteiger partial charge in [0.1, 0.15) is 5.75 Å². The molecule has 5 nitrogen and oxygen atoms in total. The Balaban J connectivity index is 1.51. The Morgan fingerprint density at radius 1 is 1.24 bits per heavy atom. The van der Waals surface area contributed by atoms with E-state index in [-0.39, 0.29) is 0 Å². The third kappa shape index (κ3) is 3.61. The fourth-order valence-corrected chi connectivity index (χ4v) is 2.94. The van der Waals surface area contributed by atoms with E-state index < -0.39 is 0 Å². The Hall–Kier alpha value is -1.88. The first-order valence-electron chi connectivity index (χ1n) is 7.53. The number of ether oxygens (including phenoxy) is 1. The SMILES string of the molecule is COc1cccnc1CN1CCC(Cn2cccn2)CC1. The highest BCUT2D eigenvalue weighted by molar-refractivity contribution is 5.26. The normalized spacial score (nSPS) is 17.0. The minimum Gasteiger partial charge on any atom is -0.495 e. The second-order valence-corrected chi connectivity index (χ2v) is 5.60. The molecule has 2 aromatic heterocycles. The van der Waals surface area contributed by atoms with Gasteiger partial charge >= 0.3 is 0 Å². The molecule has 5 heteroatoms. The van der Waals surface area contributed by atoms with E-state index in [1.807, 2.05) is 41.5 Å². The number of rotatable bonds is 5. The fraction of sp³-hybridized carbons (Fsp3) is 0.500. The van der Waals surface area contributed by atoms with Gasteiger partial charge in [0, 0.05) is 31.7 Å². The van der Waals surface area contributed by atoms with Crippen LogP contribution in [0.4, 0.5) is 0 Å². The zero-order chi connectivity index (χ0) is 14.5.